The Morgan fingerprint density at radius 1 is 1.28 bits per heavy atom. The lowest BCUT2D eigenvalue weighted by molar-refractivity contribution is 0.0907. The van der Waals surface area contributed by atoms with Crippen molar-refractivity contribution >= 4 is 17.3 Å². The number of ether oxygens (including phenoxy) is 1. The van der Waals surface area contributed by atoms with Crippen molar-refractivity contribution in [1.29, 1.82) is 0 Å². The van der Waals surface area contributed by atoms with Gasteiger partial charge in [-0.3, -0.25) is 4.99 Å². The van der Waals surface area contributed by atoms with E-state index in [9.17, 15) is 0 Å². The molecule has 5 heteroatoms. The van der Waals surface area contributed by atoms with Gasteiger partial charge in [-0.25, -0.2) is 0 Å². The molecule has 1 aliphatic rings. The van der Waals surface area contributed by atoms with Crippen LogP contribution in [0.5, 0.6) is 0 Å². The number of rotatable bonds is 7. The maximum absolute atomic E-state index is 5.91. The number of hydrogen-bond donors (Lipinski definition) is 1. The zero-order chi connectivity index (χ0) is 17.3. The molecule has 1 N–H and O–H groups in total. The Morgan fingerprint density at radius 2 is 2.16 bits per heavy atom. The summed E-state index contributed by atoms with van der Waals surface area (Å²) in [7, 11) is 1.87. The first kappa shape index (κ1) is 18.0. The lowest BCUT2D eigenvalue weighted by atomic mass is 10.1. The van der Waals surface area contributed by atoms with Gasteiger partial charge in [-0.2, -0.15) is 0 Å². The Kier molecular flexibility index (Phi) is 6.89. The summed E-state index contributed by atoms with van der Waals surface area (Å²) in [6.07, 6.45) is 2.22. The van der Waals surface area contributed by atoms with Crippen molar-refractivity contribution in [3.05, 3.63) is 58.3 Å². The Bertz CT molecular complexity index is 642. The van der Waals surface area contributed by atoms with Crippen molar-refractivity contribution in [2.45, 2.75) is 19.4 Å². The molecule has 3 rings (SSSR count). The molecule has 1 saturated heterocycles. The van der Waals surface area contributed by atoms with Gasteiger partial charge in [-0.1, -0.05) is 36.4 Å². The van der Waals surface area contributed by atoms with Gasteiger partial charge in [-0.15, -0.1) is 11.3 Å². The molecule has 0 bridgehead atoms. The zero-order valence-corrected chi connectivity index (χ0v) is 15.7. The minimum absolute atomic E-state index is 0.583. The van der Waals surface area contributed by atoms with Crippen molar-refractivity contribution in [3.8, 4) is 0 Å². The molecule has 0 spiro atoms. The topological polar surface area (TPSA) is 36.9 Å². The van der Waals surface area contributed by atoms with E-state index in [4.69, 9.17) is 4.74 Å². The summed E-state index contributed by atoms with van der Waals surface area (Å²) in [6, 6.07) is 14.7. The van der Waals surface area contributed by atoms with Crippen LogP contribution in [0.4, 0.5) is 0 Å². The van der Waals surface area contributed by atoms with Crippen molar-refractivity contribution < 1.29 is 4.74 Å². The first-order chi connectivity index (χ1) is 12.3. The van der Waals surface area contributed by atoms with Crippen LogP contribution < -0.4 is 5.32 Å². The molecule has 0 amide bonds. The largest absolute Gasteiger partial charge is 0.376 e. The lowest BCUT2D eigenvalue weighted by Gasteiger charge is -2.21. The van der Waals surface area contributed by atoms with Crippen molar-refractivity contribution in [2.75, 3.05) is 33.3 Å². The first-order valence-electron chi connectivity index (χ1n) is 8.95. The third-order valence-electron chi connectivity index (χ3n) is 4.50. The average Bonchev–Trinajstić information content (AvgIpc) is 3.32. The molecule has 1 aromatic carbocycles. The van der Waals surface area contributed by atoms with Crippen LogP contribution in [0.3, 0.4) is 0 Å². The SMILES string of the molecule is CN=C(NCCc1cccs1)N1CCC(COCc2ccccc2)C1. The van der Waals surface area contributed by atoms with Gasteiger partial charge in [0.25, 0.3) is 0 Å². The molecule has 1 aliphatic heterocycles. The van der Waals surface area contributed by atoms with Crippen LogP contribution in [-0.4, -0.2) is 44.1 Å². The summed E-state index contributed by atoms with van der Waals surface area (Å²) in [5.74, 6) is 1.60. The van der Waals surface area contributed by atoms with Crippen LogP contribution in [0.1, 0.15) is 16.9 Å². The van der Waals surface area contributed by atoms with Gasteiger partial charge in [0.05, 0.1) is 13.2 Å². The molecule has 0 aliphatic carbocycles. The predicted molar refractivity (Wildman–Crippen MR) is 105 cm³/mol. The second-order valence-corrected chi connectivity index (χ2v) is 7.44. The summed E-state index contributed by atoms with van der Waals surface area (Å²) in [6.45, 7) is 4.52. The molecule has 0 radical (unpaired) electrons. The zero-order valence-electron chi connectivity index (χ0n) is 14.9. The van der Waals surface area contributed by atoms with Crippen LogP contribution in [0.2, 0.25) is 0 Å². The van der Waals surface area contributed by atoms with E-state index in [-0.39, 0.29) is 0 Å². The maximum atomic E-state index is 5.91. The van der Waals surface area contributed by atoms with E-state index in [1.54, 1.807) is 0 Å². The standard InChI is InChI=1S/C20H27N3OS/c1-21-20(22-11-9-19-8-5-13-25-19)23-12-10-18(14-23)16-24-15-17-6-3-2-4-7-17/h2-8,13,18H,9-12,14-16H2,1H3,(H,21,22). The molecular weight excluding hydrogens is 330 g/mol. The van der Waals surface area contributed by atoms with Gasteiger partial charge in [0.1, 0.15) is 0 Å². The molecule has 1 aromatic heterocycles. The van der Waals surface area contributed by atoms with E-state index in [0.29, 0.717) is 12.5 Å². The minimum atomic E-state index is 0.583. The summed E-state index contributed by atoms with van der Waals surface area (Å²) < 4.78 is 5.91. The van der Waals surface area contributed by atoms with Gasteiger partial charge >= 0.3 is 0 Å². The number of benzene rings is 1. The van der Waals surface area contributed by atoms with E-state index in [2.05, 4.69) is 57.0 Å². The summed E-state index contributed by atoms with van der Waals surface area (Å²) >= 11 is 1.81. The van der Waals surface area contributed by atoms with Gasteiger partial charge in [-0.05, 0) is 29.9 Å². The van der Waals surface area contributed by atoms with Crippen LogP contribution in [0, 0.1) is 5.92 Å². The third-order valence-corrected chi connectivity index (χ3v) is 5.43. The Hall–Kier alpha value is -1.85. The number of thiophene rings is 1. The number of guanidine groups is 1. The fourth-order valence-corrected chi connectivity index (χ4v) is 3.87. The fourth-order valence-electron chi connectivity index (χ4n) is 3.16. The van der Waals surface area contributed by atoms with E-state index in [1.165, 1.54) is 16.9 Å². The molecule has 134 valence electrons. The fraction of sp³-hybridized carbons (Fsp3) is 0.450. The molecule has 2 aromatic rings. The highest BCUT2D eigenvalue weighted by molar-refractivity contribution is 7.09. The predicted octanol–water partition coefficient (Wildman–Crippen LogP) is 3.40. The highest BCUT2D eigenvalue weighted by atomic mass is 32.1. The molecule has 0 saturated carbocycles. The Labute approximate surface area is 154 Å². The third kappa shape index (κ3) is 5.58. The van der Waals surface area contributed by atoms with Crippen molar-refractivity contribution in [2.24, 2.45) is 10.9 Å². The molecular formula is C20H27N3OS. The number of nitrogens with zero attached hydrogens (tertiary/aromatic N) is 2. The molecule has 1 atom stereocenters. The average molecular weight is 358 g/mol. The Balaban J connectivity index is 1.37. The molecule has 2 heterocycles. The van der Waals surface area contributed by atoms with Crippen molar-refractivity contribution in [3.63, 3.8) is 0 Å². The van der Waals surface area contributed by atoms with E-state index >= 15 is 0 Å². The molecule has 25 heavy (non-hydrogen) atoms. The highest BCUT2D eigenvalue weighted by Gasteiger charge is 2.24. The van der Waals surface area contributed by atoms with Crippen LogP contribution in [-0.2, 0) is 17.8 Å². The van der Waals surface area contributed by atoms with Gasteiger partial charge in [0.2, 0.25) is 0 Å². The number of likely N-dealkylation sites (tertiary alicyclic amines) is 1. The molecule has 1 fully saturated rings. The second-order valence-electron chi connectivity index (χ2n) is 6.40. The lowest BCUT2D eigenvalue weighted by Crippen LogP contribution is -2.41. The molecule has 1 unspecified atom stereocenters. The van der Waals surface area contributed by atoms with Crippen LogP contribution in [0.15, 0.2) is 52.8 Å². The quantitative estimate of drug-likeness (QED) is 0.609. The van der Waals surface area contributed by atoms with E-state index in [1.807, 2.05) is 24.5 Å². The van der Waals surface area contributed by atoms with Crippen molar-refractivity contribution in [1.82, 2.24) is 10.2 Å². The Morgan fingerprint density at radius 3 is 2.92 bits per heavy atom. The maximum Gasteiger partial charge on any atom is 0.193 e. The summed E-state index contributed by atoms with van der Waals surface area (Å²) in [5, 5.41) is 5.62. The van der Waals surface area contributed by atoms with E-state index < -0.39 is 0 Å². The summed E-state index contributed by atoms with van der Waals surface area (Å²) in [5.41, 5.74) is 1.24. The van der Waals surface area contributed by atoms with Gasteiger partial charge in [0, 0.05) is 37.5 Å². The van der Waals surface area contributed by atoms with E-state index in [0.717, 1.165) is 38.6 Å². The smallest absolute Gasteiger partial charge is 0.193 e. The normalized spacial score (nSPS) is 17.9. The second kappa shape index (κ2) is 9.59. The van der Waals surface area contributed by atoms with Gasteiger partial charge < -0.3 is 15.0 Å². The molecule has 4 nitrogen and oxygen atoms in total. The minimum Gasteiger partial charge on any atom is -0.376 e. The van der Waals surface area contributed by atoms with Gasteiger partial charge in [0.15, 0.2) is 5.96 Å². The van der Waals surface area contributed by atoms with Crippen LogP contribution >= 0.6 is 11.3 Å². The summed E-state index contributed by atoms with van der Waals surface area (Å²) in [4.78, 5) is 8.21. The number of nitrogens with one attached hydrogen (secondary N) is 1. The number of hydrogen-bond acceptors (Lipinski definition) is 3. The van der Waals surface area contributed by atoms with Crippen LogP contribution in [0.25, 0.3) is 0 Å². The first-order valence-corrected chi connectivity index (χ1v) is 9.83. The highest BCUT2D eigenvalue weighted by Crippen LogP contribution is 2.17. The monoisotopic (exact) mass is 357 g/mol. The number of aliphatic imine (C=N–C) groups is 1.